The first-order valence-electron chi connectivity index (χ1n) is 9.57. The van der Waals surface area contributed by atoms with E-state index in [1.807, 2.05) is 24.4 Å². The van der Waals surface area contributed by atoms with Crippen molar-refractivity contribution in [1.29, 1.82) is 0 Å². The van der Waals surface area contributed by atoms with E-state index >= 15 is 0 Å². The topological polar surface area (TPSA) is 56.3 Å². The molecule has 0 unspecified atom stereocenters. The summed E-state index contributed by atoms with van der Waals surface area (Å²) in [6.07, 6.45) is 8.88. The molecule has 1 aliphatic rings. The fourth-order valence-corrected chi connectivity index (χ4v) is 4.36. The maximum absolute atomic E-state index is 6.55. The lowest BCUT2D eigenvalue weighted by Crippen LogP contribution is -2.24. The molecule has 7 heteroatoms. The highest BCUT2D eigenvalue weighted by Crippen LogP contribution is 2.46. The zero-order chi connectivity index (χ0) is 20.4. The smallest absolute Gasteiger partial charge is 0.223 e. The van der Waals surface area contributed by atoms with E-state index in [9.17, 15) is 0 Å². The van der Waals surface area contributed by atoms with Crippen LogP contribution in [0.15, 0.2) is 30.5 Å². The van der Waals surface area contributed by atoms with Crippen molar-refractivity contribution < 1.29 is 9.47 Å². The molecule has 0 aliphatic heterocycles. The Balaban J connectivity index is 1.70. The summed E-state index contributed by atoms with van der Waals surface area (Å²) in [6, 6.07) is 7.87. The second-order valence-corrected chi connectivity index (χ2v) is 7.78. The molecule has 1 atom stereocenters. The summed E-state index contributed by atoms with van der Waals surface area (Å²) in [4.78, 5) is 9.15. The molecule has 0 spiro atoms. The summed E-state index contributed by atoms with van der Waals surface area (Å²) in [5.74, 6) is 1.65. The van der Waals surface area contributed by atoms with Crippen LogP contribution >= 0.6 is 23.2 Å². The van der Waals surface area contributed by atoms with Crippen LogP contribution in [-0.4, -0.2) is 30.2 Å². The van der Waals surface area contributed by atoms with Crippen molar-refractivity contribution in [3.63, 3.8) is 0 Å². The Bertz CT molecular complexity index is 1010. The number of fused-ring (bicyclic) bond motifs is 1. The van der Waals surface area contributed by atoms with Gasteiger partial charge in [-0.05, 0) is 37.0 Å². The van der Waals surface area contributed by atoms with Gasteiger partial charge in [0.2, 0.25) is 5.95 Å². The molecule has 0 bridgehead atoms. The van der Waals surface area contributed by atoms with E-state index < -0.39 is 0 Å². The quantitative estimate of drug-likeness (QED) is 0.523. The molecule has 1 saturated carbocycles. The van der Waals surface area contributed by atoms with Gasteiger partial charge in [0, 0.05) is 29.3 Å². The predicted molar refractivity (Wildman–Crippen MR) is 118 cm³/mol. The molecule has 1 aliphatic carbocycles. The second kappa shape index (κ2) is 8.64. The van der Waals surface area contributed by atoms with Crippen molar-refractivity contribution >= 4 is 40.1 Å². The highest BCUT2D eigenvalue weighted by Gasteiger charge is 2.19. The van der Waals surface area contributed by atoms with Crippen molar-refractivity contribution in [2.45, 2.75) is 31.7 Å². The number of anilines is 1. The van der Waals surface area contributed by atoms with Crippen molar-refractivity contribution in [3.8, 4) is 22.6 Å². The van der Waals surface area contributed by atoms with Gasteiger partial charge in [0.25, 0.3) is 0 Å². The maximum Gasteiger partial charge on any atom is 0.223 e. The van der Waals surface area contributed by atoms with Gasteiger partial charge < -0.3 is 14.8 Å². The molecule has 0 saturated heterocycles. The van der Waals surface area contributed by atoms with Gasteiger partial charge in [0.1, 0.15) is 11.5 Å². The van der Waals surface area contributed by atoms with Gasteiger partial charge in [-0.15, -0.1) is 0 Å². The van der Waals surface area contributed by atoms with Gasteiger partial charge in [-0.3, -0.25) is 0 Å². The average molecular weight is 431 g/mol. The van der Waals surface area contributed by atoms with Gasteiger partial charge in [-0.25, -0.2) is 9.97 Å². The summed E-state index contributed by atoms with van der Waals surface area (Å²) < 4.78 is 10.7. The molecular weight excluding hydrogens is 409 g/mol. The van der Waals surface area contributed by atoms with Crippen molar-refractivity contribution in [2.24, 2.45) is 0 Å². The SMILES string of the molecule is COc1cc(OC)c(Cl)c(-c2ccc3nc(N[C@@H]4[CH]CCCC4)ncc3c2)c1Cl. The van der Waals surface area contributed by atoms with Gasteiger partial charge in [0.05, 0.1) is 29.8 Å². The molecule has 1 radical (unpaired) electrons. The minimum Gasteiger partial charge on any atom is -0.495 e. The summed E-state index contributed by atoms with van der Waals surface area (Å²) in [6.45, 7) is 0. The van der Waals surface area contributed by atoms with E-state index in [2.05, 4.69) is 21.7 Å². The van der Waals surface area contributed by atoms with E-state index in [0.717, 1.165) is 29.3 Å². The molecule has 1 N–H and O–H groups in total. The number of hydrogen-bond donors (Lipinski definition) is 1. The second-order valence-electron chi connectivity index (χ2n) is 7.02. The largest absolute Gasteiger partial charge is 0.495 e. The third-order valence-corrected chi connectivity index (χ3v) is 5.93. The number of ether oxygens (including phenoxy) is 2. The van der Waals surface area contributed by atoms with Gasteiger partial charge in [0.15, 0.2) is 0 Å². The maximum atomic E-state index is 6.55. The van der Waals surface area contributed by atoms with Crippen LogP contribution in [0.1, 0.15) is 25.7 Å². The predicted octanol–water partition coefficient (Wildman–Crippen LogP) is 6.18. The number of nitrogens with one attached hydrogen (secondary N) is 1. The molecule has 1 fully saturated rings. The zero-order valence-electron chi connectivity index (χ0n) is 16.3. The zero-order valence-corrected chi connectivity index (χ0v) is 17.8. The molecule has 5 nitrogen and oxygen atoms in total. The van der Waals surface area contributed by atoms with Crippen molar-refractivity contribution in [3.05, 3.63) is 46.9 Å². The van der Waals surface area contributed by atoms with E-state index in [1.54, 1.807) is 20.3 Å². The highest BCUT2D eigenvalue weighted by atomic mass is 35.5. The van der Waals surface area contributed by atoms with Crippen molar-refractivity contribution in [1.82, 2.24) is 9.97 Å². The highest BCUT2D eigenvalue weighted by molar-refractivity contribution is 6.41. The number of benzene rings is 2. The average Bonchev–Trinajstić information content (AvgIpc) is 2.75. The number of halogens is 2. The Morgan fingerprint density at radius 2 is 1.79 bits per heavy atom. The molecule has 1 heterocycles. The lowest BCUT2D eigenvalue weighted by atomic mass is 9.96. The lowest BCUT2D eigenvalue weighted by Gasteiger charge is -2.22. The number of nitrogens with zero attached hydrogens (tertiary/aromatic N) is 2. The van der Waals surface area contributed by atoms with Gasteiger partial charge in [-0.1, -0.05) is 42.1 Å². The Kier molecular flexibility index (Phi) is 5.97. The normalized spacial score (nSPS) is 14.8. The van der Waals surface area contributed by atoms with E-state index in [4.69, 9.17) is 32.7 Å². The summed E-state index contributed by atoms with van der Waals surface area (Å²) in [7, 11) is 3.12. The van der Waals surface area contributed by atoms with Crippen molar-refractivity contribution in [2.75, 3.05) is 19.5 Å². The lowest BCUT2D eigenvalue weighted by molar-refractivity contribution is 0.395. The first-order chi connectivity index (χ1) is 14.1. The summed E-state index contributed by atoms with van der Waals surface area (Å²) >= 11 is 13.1. The number of hydrogen-bond acceptors (Lipinski definition) is 5. The molecule has 3 aromatic rings. The van der Waals surface area contributed by atoms with Crippen LogP contribution < -0.4 is 14.8 Å². The number of methoxy groups -OCH3 is 2. The first kappa shape index (κ1) is 20.0. The van der Waals surface area contributed by atoms with Crippen LogP contribution in [0.5, 0.6) is 11.5 Å². The Labute approximate surface area is 180 Å². The molecule has 29 heavy (non-hydrogen) atoms. The van der Waals surface area contributed by atoms with Crippen LogP contribution in [0, 0.1) is 6.42 Å². The minimum atomic E-state index is 0.335. The monoisotopic (exact) mass is 430 g/mol. The standard InChI is InChI=1S/C22H22Cl2N3O2/c1-28-17-11-18(29-2)21(24)19(20(17)23)13-8-9-16-14(10-13)12-25-22(27-16)26-15-6-4-3-5-7-15/h6,8-12,15H,3-5,7H2,1-2H3,(H,25,26,27)/t15-/m1/s1. The Morgan fingerprint density at radius 3 is 2.45 bits per heavy atom. The fraction of sp³-hybridized carbons (Fsp3) is 0.318. The molecule has 151 valence electrons. The summed E-state index contributed by atoms with van der Waals surface area (Å²) in [5.41, 5.74) is 2.35. The van der Waals surface area contributed by atoms with Gasteiger partial charge in [-0.2, -0.15) is 0 Å². The van der Waals surface area contributed by atoms with Crippen LogP contribution in [0.2, 0.25) is 10.0 Å². The summed E-state index contributed by atoms with van der Waals surface area (Å²) in [5, 5.41) is 5.18. The van der Waals surface area contributed by atoms with Crippen LogP contribution in [-0.2, 0) is 0 Å². The molecule has 1 aromatic heterocycles. The van der Waals surface area contributed by atoms with Crippen LogP contribution in [0.3, 0.4) is 0 Å². The molecule has 2 aromatic carbocycles. The number of rotatable bonds is 5. The molecule has 4 rings (SSSR count). The fourth-order valence-electron chi connectivity index (χ4n) is 3.64. The van der Waals surface area contributed by atoms with Crippen LogP contribution in [0.4, 0.5) is 5.95 Å². The van der Waals surface area contributed by atoms with Gasteiger partial charge >= 0.3 is 0 Å². The minimum absolute atomic E-state index is 0.335. The van der Waals surface area contributed by atoms with E-state index in [0.29, 0.717) is 39.1 Å². The molecule has 0 amide bonds. The Hall–Kier alpha value is -2.24. The van der Waals surface area contributed by atoms with Crippen LogP contribution in [0.25, 0.3) is 22.0 Å². The third kappa shape index (κ3) is 4.07. The van der Waals surface area contributed by atoms with E-state index in [-0.39, 0.29) is 0 Å². The molecular formula is C22H22Cl2N3O2. The Morgan fingerprint density at radius 1 is 1.03 bits per heavy atom. The third-order valence-electron chi connectivity index (χ3n) is 5.18. The number of aromatic nitrogens is 2. The van der Waals surface area contributed by atoms with E-state index in [1.165, 1.54) is 12.8 Å². The first-order valence-corrected chi connectivity index (χ1v) is 10.3.